The summed E-state index contributed by atoms with van der Waals surface area (Å²) in [6, 6.07) is 0. The summed E-state index contributed by atoms with van der Waals surface area (Å²) in [7, 11) is 0. The van der Waals surface area contributed by atoms with Gasteiger partial charge in [0, 0.05) is 6.08 Å². The highest BCUT2D eigenvalue weighted by atomic mass is 16.3. The summed E-state index contributed by atoms with van der Waals surface area (Å²) in [6.45, 7) is 3.30. The molecule has 1 aliphatic carbocycles. The van der Waals surface area contributed by atoms with Crippen molar-refractivity contribution in [2.45, 2.75) is 12.0 Å². The molecule has 0 amide bonds. The first-order chi connectivity index (χ1) is 4.58. The topological polar surface area (TPSA) is 57.5 Å². The first kappa shape index (κ1) is 7.02. The Morgan fingerprint density at radius 2 is 2.40 bits per heavy atom. The number of rotatable bonds is 1. The van der Waals surface area contributed by atoms with Crippen LogP contribution in [0.1, 0.15) is 6.42 Å². The Balaban J connectivity index is 2.96. The van der Waals surface area contributed by atoms with Crippen LogP contribution in [-0.4, -0.2) is 21.6 Å². The second-order valence-corrected chi connectivity index (χ2v) is 2.30. The second kappa shape index (κ2) is 1.95. The van der Waals surface area contributed by atoms with E-state index in [0.717, 1.165) is 12.2 Å². The van der Waals surface area contributed by atoms with Crippen molar-refractivity contribution >= 4 is 5.78 Å². The molecule has 3 heteroatoms. The average Bonchev–Trinajstić information content (AvgIpc) is 2.09. The Labute approximate surface area is 58.3 Å². The van der Waals surface area contributed by atoms with Gasteiger partial charge in [0.25, 0.3) is 0 Å². The molecule has 0 aromatic carbocycles. The maximum atomic E-state index is 10.6. The minimum atomic E-state index is -1.50. The van der Waals surface area contributed by atoms with Crippen LogP contribution in [0.2, 0.25) is 0 Å². The number of aliphatic hydroxyl groups is 2. The van der Waals surface area contributed by atoms with Gasteiger partial charge in [0.05, 0.1) is 6.42 Å². The third kappa shape index (κ3) is 0.844. The Kier molecular flexibility index (Phi) is 1.37. The second-order valence-electron chi connectivity index (χ2n) is 2.30. The predicted octanol–water partition coefficient (Wildman–Crippen LogP) is 0.318. The Hall–Kier alpha value is -1.09. The van der Waals surface area contributed by atoms with E-state index in [1.54, 1.807) is 0 Å². The normalized spacial score (nSPS) is 32.1. The van der Waals surface area contributed by atoms with E-state index >= 15 is 0 Å². The zero-order valence-electron chi connectivity index (χ0n) is 5.37. The SMILES string of the molecule is C=CC1(O)CC(=O)C=C1O. The average molecular weight is 140 g/mol. The fourth-order valence-electron chi connectivity index (χ4n) is 0.861. The van der Waals surface area contributed by atoms with Crippen LogP contribution in [0.5, 0.6) is 0 Å². The summed E-state index contributed by atoms with van der Waals surface area (Å²) in [5, 5.41) is 18.2. The van der Waals surface area contributed by atoms with E-state index in [9.17, 15) is 9.90 Å². The molecule has 1 rings (SSSR count). The number of hydrogen-bond donors (Lipinski definition) is 2. The fraction of sp³-hybridized carbons (Fsp3) is 0.286. The fourth-order valence-corrected chi connectivity index (χ4v) is 0.861. The highest BCUT2D eigenvalue weighted by molar-refractivity contribution is 5.94. The van der Waals surface area contributed by atoms with E-state index in [0.29, 0.717) is 0 Å². The van der Waals surface area contributed by atoms with Crippen LogP contribution >= 0.6 is 0 Å². The first-order valence-corrected chi connectivity index (χ1v) is 2.88. The van der Waals surface area contributed by atoms with Gasteiger partial charge in [-0.05, 0) is 0 Å². The lowest BCUT2D eigenvalue weighted by molar-refractivity contribution is -0.115. The van der Waals surface area contributed by atoms with Crippen molar-refractivity contribution in [3.05, 3.63) is 24.5 Å². The molecule has 2 N–H and O–H groups in total. The molecule has 0 aliphatic heterocycles. The van der Waals surface area contributed by atoms with Crippen LogP contribution in [0.15, 0.2) is 24.5 Å². The molecule has 0 saturated carbocycles. The largest absolute Gasteiger partial charge is 0.509 e. The number of ketones is 1. The summed E-state index contributed by atoms with van der Waals surface area (Å²) >= 11 is 0. The van der Waals surface area contributed by atoms with E-state index in [1.165, 1.54) is 0 Å². The molecule has 0 heterocycles. The van der Waals surface area contributed by atoms with Gasteiger partial charge >= 0.3 is 0 Å². The van der Waals surface area contributed by atoms with Crippen LogP contribution in [0, 0.1) is 0 Å². The number of carbonyl (C=O) groups is 1. The molecule has 3 nitrogen and oxygen atoms in total. The number of hydrogen-bond acceptors (Lipinski definition) is 3. The minimum Gasteiger partial charge on any atom is -0.509 e. The molecular formula is C7H8O3. The molecular weight excluding hydrogens is 132 g/mol. The monoisotopic (exact) mass is 140 g/mol. The molecule has 0 aromatic rings. The molecule has 54 valence electrons. The van der Waals surface area contributed by atoms with Crippen molar-refractivity contribution < 1.29 is 15.0 Å². The molecule has 0 radical (unpaired) electrons. The summed E-state index contributed by atoms with van der Waals surface area (Å²) in [5.74, 6) is -0.590. The molecule has 0 spiro atoms. The Morgan fingerprint density at radius 1 is 1.80 bits per heavy atom. The van der Waals surface area contributed by atoms with Crippen molar-refractivity contribution in [1.29, 1.82) is 0 Å². The van der Waals surface area contributed by atoms with Gasteiger partial charge in [-0.1, -0.05) is 12.7 Å². The van der Waals surface area contributed by atoms with Gasteiger partial charge in [-0.15, -0.1) is 0 Å². The molecule has 0 saturated heterocycles. The molecule has 1 atom stereocenters. The summed E-state index contributed by atoms with van der Waals surface area (Å²) in [5.41, 5.74) is -1.50. The summed E-state index contributed by atoms with van der Waals surface area (Å²) in [4.78, 5) is 10.6. The van der Waals surface area contributed by atoms with Crippen LogP contribution in [0.3, 0.4) is 0 Å². The van der Waals surface area contributed by atoms with Crippen molar-refractivity contribution in [2.24, 2.45) is 0 Å². The molecule has 1 aliphatic rings. The van der Waals surface area contributed by atoms with Gasteiger partial charge in [0.1, 0.15) is 11.4 Å². The van der Waals surface area contributed by atoms with Gasteiger partial charge in [-0.3, -0.25) is 4.79 Å². The zero-order valence-corrected chi connectivity index (χ0v) is 5.37. The van der Waals surface area contributed by atoms with E-state index in [1.807, 2.05) is 0 Å². The van der Waals surface area contributed by atoms with Crippen LogP contribution in [-0.2, 0) is 4.79 Å². The highest BCUT2D eigenvalue weighted by Crippen LogP contribution is 2.26. The minimum absolute atomic E-state index is 0.0949. The molecule has 0 aromatic heterocycles. The van der Waals surface area contributed by atoms with Gasteiger partial charge < -0.3 is 10.2 Å². The van der Waals surface area contributed by atoms with Crippen LogP contribution in [0.25, 0.3) is 0 Å². The van der Waals surface area contributed by atoms with Crippen LogP contribution < -0.4 is 0 Å². The summed E-state index contributed by atoms with van der Waals surface area (Å²) in [6.07, 6.45) is 2.08. The van der Waals surface area contributed by atoms with Crippen molar-refractivity contribution in [3.63, 3.8) is 0 Å². The predicted molar refractivity (Wildman–Crippen MR) is 35.5 cm³/mol. The zero-order chi connectivity index (χ0) is 7.78. The van der Waals surface area contributed by atoms with Crippen LogP contribution in [0.4, 0.5) is 0 Å². The maximum absolute atomic E-state index is 10.6. The van der Waals surface area contributed by atoms with E-state index in [-0.39, 0.29) is 18.0 Å². The lowest BCUT2D eigenvalue weighted by Gasteiger charge is -2.15. The van der Waals surface area contributed by atoms with E-state index in [4.69, 9.17) is 5.11 Å². The van der Waals surface area contributed by atoms with Gasteiger partial charge in [0.2, 0.25) is 0 Å². The first-order valence-electron chi connectivity index (χ1n) is 2.88. The molecule has 10 heavy (non-hydrogen) atoms. The highest BCUT2D eigenvalue weighted by Gasteiger charge is 2.36. The number of allylic oxidation sites excluding steroid dienone is 1. The maximum Gasteiger partial charge on any atom is 0.162 e. The summed E-state index contributed by atoms with van der Waals surface area (Å²) < 4.78 is 0. The number of aliphatic hydroxyl groups excluding tert-OH is 1. The molecule has 0 fully saturated rings. The van der Waals surface area contributed by atoms with Gasteiger partial charge in [0.15, 0.2) is 5.78 Å². The van der Waals surface area contributed by atoms with Gasteiger partial charge in [-0.25, -0.2) is 0 Å². The molecule has 0 bridgehead atoms. The third-order valence-electron chi connectivity index (χ3n) is 1.52. The third-order valence-corrected chi connectivity index (χ3v) is 1.52. The van der Waals surface area contributed by atoms with E-state index < -0.39 is 5.60 Å². The smallest absolute Gasteiger partial charge is 0.162 e. The van der Waals surface area contributed by atoms with Crippen molar-refractivity contribution in [1.82, 2.24) is 0 Å². The lowest BCUT2D eigenvalue weighted by atomic mass is 10.0. The Morgan fingerprint density at radius 3 is 2.60 bits per heavy atom. The number of carbonyl (C=O) groups excluding carboxylic acids is 1. The quantitative estimate of drug-likeness (QED) is 0.515. The Bertz CT molecular complexity index is 217. The standard InChI is InChI=1S/C7H8O3/c1-2-7(10)4-5(8)3-6(7)9/h2-3,9-10H,1,4H2. The molecule has 1 unspecified atom stereocenters. The van der Waals surface area contributed by atoms with E-state index in [2.05, 4.69) is 6.58 Å². The van der Waals surface area contributed by atoms with Crippen molar-refractivity contribution in [3.8, 4) is 0 Å². The lowest BCUT2D eigenvalue weighted by Crippen LogP contribution is -2.25. The van der Waals surface area contributed by atoms with Gasteiger partial charge in [-0.2, -0.15) is 0 Å². The van der Waals surface area contributed by atoms with Crippen molar-refractivity contribution in [2.75, 3.05) is 0 Å².